The van der Waals surface area contributed by atoms with Crippen LogP contribution in [0.15, 0.2) is 17.5 Å². The zero-order valence-corrected chi connectivity index (χ0v) is 4.50. The van der Waals surface area contributed by atoms with Crippen LogP contribution < -0.4 is 0 Å². The number of nitrogens with zero attached hydrogens (tertiary/aromatic N) is 1. The predicted octanol–water partition coefficient (Wildman–Crippen LogP) is 0.694. The van der Waals surface area contributed by atoms with Crippen LogP contribution in [0.4, 0.5) is 0 Å². The van der Waals surface area contributed by atoms with Crippen LogP contribution in [0.2, 0.25) is 0 Å². The van der Waals surface area contributed by atoms with Crippen LogP contribution in [0, 0.1) is 6.61 Å². The van der Waals surface area contributed by atoms with E-state index in [1.165, 1.54) is 20.0 Å². The molecular formula is C5H6NO2. The van der Waals surface area contributed by atoms with E-state index in [1.54, 1.807) is 6.08 Å². The molecule has 0 aliphatic carbocycles. The summed E-state index contributed by atoms with van der Waals surface area (Å²) in [5.41, 5.74) is 0.701. The first-order chi connectivity index (χ1) is 3.93. The van der Waals surface area contributed by atoms with Crippen molar-refractivity contribution in [1.82, 2.24) is 0 Å². The lowest BCUT2D eigenvalue weighted by atomic mass is 10.4. The number of hydrogen-bond donors (Lipinski definition) is 0. The van der Waals surface area contributed by atoms with Gasteiger partial charge in [-0.3, -0.25) is 0 Å². The van der Waals surface area contributed by atoms with Gasteiger partial charge in [0.1, 0.15) is 12.8 Å². The second-order valence-corrected chi connectivity index (χ2v) is 1.26. The number of rotatable bonds is 1. The van der Waals surface area contributed by atoms with Crippen molar-refractivity contribution in [2.75, 3.05) is 7.11 Å². The molecule has 1 rings (SSSR count). The van der Waals surface area contributed by atoms with Crippen LogP contribution in [0.3, 0.4) is 0 Å². The fourth-order valence-corrected chi connectivity index (χ4v) is 0.415. The van der Waals surface area contributed by atoms with Crippen LogP contribution in [0.5, 0.6) is 0 Å². The zero-order valence-electron chi connectivity index (χ0n) is 4.50. The van der Waals surface area contributed by atoms with Gasteiger partial charge < -0.3 is 9.57 Å². The normalized spacial score (nSPS) is 21.4. The molecule has 0 N–H and O–H groups in total. The number of oxime groups is 1. The summed E-state index contributed by atoms with van der Waals surface area (Å²) in [6, 6.07) is 0. The van der Waals surface area contributed by atoms with E-state index in [4.69, 9.17) is 4.74 Å². The highest BCUT2D eigenvalue weighted by Crippen LogP contribution is 1.99. The molecule has 1 aliphatic heterocycles. The van der Waals surface area contributed by atoms with Gasteiger partial charge in [-0.15, -0.1) is 0 Å². The van der Waals surface area contributed by atoms with E-state index in [0.29, 0.717) is 5.71 Å². The van der Waals surface area contributed by atoms with Crippen molar-refractivity contribution in [3.63, 3.8) is 0 Å². The fraction of sp³-hybridized carbons (Fsp3) is 0.200. The summed E-state index contributed by atoms with van der Waals surface area (Å²) >= 11 is 0. The molecule has 0 bridgehead atoms. The monoisotopic (exact) mass is 112 g/mol. The fourth-order valence-electron chi connectivity index (χ4n) is 0.415. The molecule has 1 aliphatic rings. The largest absolute Gasteiger partial charge is 0.487 e. The molecule has 0 amide bonds. The maximum Gasteiger partial charge on any atom is 0.185 e. The van der Waals surface area contributed by atoms with Crippen molar-refractivity contribution in [3.05, 3.63) is 18.9 Å². The van der Waals surface area contributed by atoms with E-state index in [9.17, 15) is 0 Å². The van der Waals surface area contributed by atoms with Crippen molar-refractivity contribution >= 4 is 5.71 Å². The summed E-state index contributed by atoms with van der Waals surface area (Å²) in [5, 5.41) is 3.57. The molecule has 0 fully saturated rings. The highest BCUT2D eigenvalue weighted by molar-refractivity contribution is 6.01. The standard InChI is InChI=1S/C5H6NO2/c1-7-6-5-2-3-8-4-5/h2-4H,1H3. The third kappa shape index (κ3) is 0.992. The molecule has 0 aromatic carbocycles. The van der Waals surface area contributed by atoms with E-state index in [2.05, 4.69) is 9.99 Å². The summed E-state index contributed by atoms with van der Waals surface area (Å²) in [6.45, 7) is 1.50. The Labute approximate surface area is 47.6 Å². The minimum Gasteiger partial charge on any atom is -0.487 e. The molecule has 0 saturated heterocycles. The van der Waals surface area contributed by atoms with Gasteiger partial charge in [0.25, 0.3) is 0 Å². The third-order valence-electron chi connectivity index (χ3n) is 0.703. The van der Waals surface area contributed by atoms with Crippen LogP contribution in [-0.2, 0) is 9.57 Å². The van der Waals surface area contributed by atoms with Gasteiger partial charge in [-0.05, 0) is 0 Å². The lowest BCUT2D eigenvalue weighted by Crippen LogP contribution is -1.88. The summed E-state index contributed by atoms with van der Waals surface area (Å²) in [6.07, 6.45) is 3.25. The first-order valence-corrected chi connectivity index (χ1v) is 2.20. The molecule has 1 radical (unpaired) electrons. The van der Waals surface area contributed by atoms with Gasteiger partial charge in [-0.25, -0.2) is 0 Å². The first kappa shape index (κ1) is 5.15. The van der Waals surface area contributed by atoms with E-state index < -0.39 is 0 Å². The SMILES string of the molecule is CON=C1[CH]OC=C1. The van der Waals surface area contributed by atoms with Gasteiger partial charge >= 0.3 is 0 Å². The molecule has 0 atom stereocenters. The van der Waals surface area contributed by atoms with E-state index in [-0.39, 0.29) is 0 Å². The van der Waals surface area contributed by atoms with Gasteiger partial charge in [0.2, 0.25) is 0 Å². The molecule has 0 saturated carbocycles. The van der Waals surface area contributed by atoms with Gasteiger partial charge in [-0.2, -0.15) is 0 Å². The molecule has 3 nitrogen and oxygen atoms in total. The van der Waals surface area contributed by atoms with Gasteiger partial charge in [0, 0.05) is 6.08 Å². The maximum atomic E-state index is 4.69. The quantitative estimate of drug-likeness (QED) is 0.467. The minimum atomic E-state index is 0.701. The second-order valence-electron chi connectivity index (χ2n) is 1.26. The molecule has 0 aromatic rings. The molecule has 3 heteroatoms. The molecule has 1 heterocycles. The van der Waals surface area contributed by atoms with Crippen LogP contribution in [-0.4, -0.2) is 12.8 Å². The van der Waals surface area contributed by atoms with Crippen LogP contribution >= 0.6 is 0 Å². The van der Waals surface area contributed by atoms with Crippen LogP contribution in [0.25, 0.3) is 0 Å². The maximum absolute atomic E-state index is 4.69. The van der Waals surface area contributed by atoms with Gasteiger partial charge in [0.15, 0.2) is 6.61 Å². The first-order valence-electron chi connectivity index (χ1n) is 2.20. The molecular weight excluding hydrogens is 106 g/mol. The average Bonchev–Trinajstić information content (AvgIpc) is 2.19. The summed E-state index contributed by atoms with van der Waals surface area (Å²) in [4.78, 5) is 4.45. The third-order valence-corrected chi connectivity index (χ3v) is 0.703. The van der Waals surface area contributed by atoms with Crippen molar-refractivity contribution < 1.29 is 9.57 Å². The van der Waals surface area contributed by atoms with Gasteiger partial charge in [0.05, 0.1) is 6.26 Å². The van der Waals surface area contributed by atoms with Crippen molar-refractivity contribution in [1.29, 1.82) is 0 Å². The van der Waals surface area contributed by atoms with Gasteiger partial charge in [-0.1, -0.05) is 5.16 Å². The Morgan fingerprint density at radius 1 is 1.75 bits per heavy atom. The van der Waals surface area contributed by atoms with E-state index in [1.807, 2.05) is 0 Å². The van der Waals surface area contributed by atoms with Crippen molar-refractivity contribution in [2.24, 2.45) is 5.16 Å². The number of hydrogen-bond acceptors (Lipinski definition) is 3. The lowest BCUT2D eigenvalue weighted by Gasteiger charge is -1.87. The average molecular weight is 112 g/mol. The Hall–Kier alpha value is -0.990. The zero-order chi connectivity index (χ0) is 5.82. The van der Waals surface area contributed by atoms with Crippen molar-refractivity contribution in [2.45, 2.75) is 0 Å². The topological polar surface area (TPSA) is 30.8 Å². The highest BCUT2D eigenvalue weighted by Gasteiger charge is 2.01. The Morgan fingerprint density at radius 3 is 3.12 bits per heavy atom. The Morgan fingerprint density at radius 2 is 2.62 bits per heavy atom. The summed E-state index contributed by atoms with van der Waals surface area (Å²) in [5.74, 6) is 0. The molecule has 8 heavy (non-hydrogen) atoms. The minimum absolute atomic E-state index is 0.701. The Balaban J connectivity index is 2.46. The van der Waals surface area contributed by atoms with Crippen LogP contribution in [0.1, 0.15) is 0 Å². The second kappa shape index (κ2) is 2.35. The van der Waals surface area contributed by atoms with Crippen molar-refractivity contribution in [3.8, 4) is 0 Å². The van der Waals surface area contributed by atoms with E-state index >= 15 is 0 Å². The molecule has 0 spiro atoms. The summed E-state index contributed by atoms with van der Waals surface area (Å²) in [7, 11) is 1.49. The Kier molecular flexibility index (Phi) is 1.51. The smallest absolute Gasteiger partial charge is 0.185 e. The highest BCUT2D eigenvalue weighted by atomic mass is 16.6. The number of ether oxygens (including phenoxy) is 1. The lowest BCUT2D eigenvalue weighted by molar-refractivity contribution is 0.212. The van der Waals surface area contributed by atoms with E-state index in [0.717, 1.165) is 0 Å². The predicted molar refractivity (Wildman–Crippen MR) is 29.0 cm³/mol. The Bertz CT molecular complexity index is 128. The molecule has 0 aromatic heterocycles. The molecule has 0 unspecified atom stereocenters. The molecule has 43 valence electrons. The summed E-state index contributed by atoms with van der Waals surface area (Å²) < 4.78 is 4.69.